The summed E-state index contributed by atoms with van der Waals surface area (Å²) < 4.78 is 4.40. The molecule has 2 rings (SSSR count). The average Bonchev–Trinajstić information content (AvgIpc) is 2.35. The summed E-state index contributed by atoms with van der Waals surface area (Å²) in [6, 6.07) is 7.49. The van der Waals surface area contributed by atoms with E-state index in [1.807, 2.05) is 24.3 Å². The Labute approximate surface area is 116 Å². The van der Waals surface area contributed by atoms with E-state index in [1.54, 1.807) is 26.0 Å². The summed E-state index contributed by atoms with van der Waals surface area (Å²) in [7, 11) is 0. The third-order valence-corrected chi connectivity index (χ3v) is 3.55. The van der Waals surface area contributed by atoms with Crippen LogP contribution in [0.15, 0.2) is 56.9 Å². The molecule has 0 atom stereocenters. The van der Waals surface area contributed by atoms with Gasteiger partial charge < -0.3 is 0 Å². The van der Waals surface area contributed by atoms with Gasteiger partial charge in [-0.1, -0.05) is 11.6 Å². The van der Waals surface area contributed by atoms with Gasteiger partial charge in [-0.25, -0.2) is 4.40 Å². The molecule has 1 aromatic rings. The lowest BCUT2D eigenvalue weighted by molar-refractivity contribution is -0.112. The highest BCUT2D eigenvalue weighted by Crippen LogP contribution is 2.23. The lowest BCUT2D eigenvalue weighted by Crippen LogP contribution is -2.10. The number of Topliss-reactive ketones (excluding diaryl/α,β-unsaturated/α-hetero) is 1. The molecular weight excluding hydrogens is 266 g/mol. The Bertz CT molecular complexity index is 546. The zero-order chi connectivity index (χ0) is 13.1. The minimum Gasteiger partial charge on any atom is -0.289 e. The van der Waals surface area contributed by atoms with Crippen molar-refractivity contribution in [2.24, 2.45) is 4.40 Å². The zero-order valence-corrected chi connectivity index (χ0v) is 11.7. The van der Waals surface area contributed by atoms with Crippen LogP contribution in [0.25, 0.3) is 0 Å². The van der Waals surface area contributed by atoms with Crippen LogP contribution < -0.4 is 0 Å². The van der Waals surface area contributed by atoms with E-state index < -0.39 is 0 Å². The maximum atomic E-state index is 11.6. The highest BCUT2D eigenvalue weighted by atomic mass is 35.5. The van der Waals surface area contributed by atoms with Crippen molar-refractivity contribution in [3.05, 3.63) is 52.6 Å². The number of nitrogens with zero attached hydrogens (tertiary/aromatic N) is 1. The van der Waals surface area contributed by atoms with Gasteiger partial charge >= 0.3 is 0 Å². The summed E-state index contributed by atoms with van der Waals surface area (Å²) in [6.45, 7) is 3.61. The smallest absolute Gasteiger partial charge is 0.184 e. The molecule has 0 fully saturated rings. The van der Waals surface area contributed by atoms with Crippen molar-refractivity contribution in [3.8, 4) is 0 Å². The molecule has 0 heterocycles. The zero-order valence-electron chi connectivity index (χ0n) is 10.1. The van der Waals surface area contributed by atoms with Gasteiger partial charge in [-0.05, 0) is 61.4 Å². The predicted molar refractivity (Wildman–Crippen MR) is 77.3 cm³/mol. The highest BCUT2D eigenvalue weighted by molar-refractivity contribution is 7.98. The van der Waals surface area contributed by atoms with Crippen molar-refractivity contribution in [2.75, 3.05) is 0 Å². The minimum absolute atomic E-state index is 0.0884. The van der Waals surface area contributed by atoms with Gasteiger partial charge in [0.15, 0.2) is 5.78 Å². The Kier molecular flexibility index (Phi) is 4.04. The average molecular weight is 278 g/mol. The molecule has 4 heteroatoms. The Morgan fingerprint density at radius 3 is 2.17 bits per heavy atom. The van der Waals surface area contributed by atoms with Gasteiger partial charge in [0.2, 0.25) is 0 Å². The first kappa shape index (κ1) is 13.1. The molecule has 0 N–H and O–H groups in total. The molecule has 0 radical (unpaired) electrons. The third-order valence-electron chi connectivity index (χ3n) is 2.52. The molecule has 0 saturated carbocycles. The standard InChI is InChI=1S/C14H12ClNOS/c1-9-7-12(8-10(2)14(9)17)16-18-13-5-3-11(15)4-6-13/h3-8H,1-2H3. The molecule has 0 aromatic heterocycles. The minimum atomic E-state index is 0.0884. The van der Waals surface area contributed by atoms with Gasteiger partial charge in [-0.3, -0.25) is 4.79 Å². The van der Waals surface area contributed by atoms with Gasteiger partial charge in [0.25, 0.3) is 0 Å². The molecule has 0 unspecified atom stereocenters. The van der Waals surface area contributed by atoms with Crippen molar-refractivity contribution in [1.29, 1.82) is 0 Å². The fraction of sp³-hybridized carbons (Fsp3) is 0.143. The number of rotatable bonds is 2. The lowest BCUT2D eigenvalue weighted by Gasteiger charge is -2.08. The van der Waals surface area contributed by atoms with Crippen molar-refractivity contribution in [2.45, 2.75) is 18.7 Å². The predicted octanol–water partition coefficient (Wildman–Crippen LogP) is 4.26. The van der Waals surface area contributed by atoms with Crippen LogP contribution in [0.2, 0.25) is 5.02 Å². The third kappa shape index (κ3) is 3.12. The Balaban J connectivity index is 2.15. The number of hydrogen-bond acceptors (Lipinski definition) is 3. The van der Waals surface area contributed by atoms with E-state index in [0.29, 0.717) is 5.02 Å². The highest BCUT2D eigenvalue weighted by Gasteiger charge is 2.13. The second-order valence-electron chi connectivity index (χ2n) is 4.05. The summed E-state index contributed by atoms with van der Waals surface area (Å²) in [4.78, 5) is 12.6. The fourth-order valence-corrected chi connectivity index (χ4v) is 2.28. The van der Waals surface area contributed by atoms with Crippen LogP contribution in [0, 0.1) is 0 Å². The number of ketones is 1. The number of carbonyl (C=O) groups is 1. The number of benzene rings is 1. The summed E-state index contributed by atoms with van der Waals surface area (Å²) in [5.41, 5.74) is 2.26. The first-order chi connectivity index (χ1) is 8.56. The first-order valence-corrected chi connectivity index (χ1v) is 6.63. The molecule has 0 bridgehead atoms. The van der Waals surface area contributed by atoms with Crippen LogP contribution in [0.3, 0.4) is 0 Å². The molecule has 1 aliphatic carbocycles. The van der Waals surface area contributed by atoms with Crippen LogP contribution in [0.4, 0.5) is 0 Å². The second kappa shape index (κ2) is 5.55. The fourth-order valence-electron chi connectivity index (χ4n) is 1.58. The summed E-state index contributed by atoms with van der Waals surface area (Å²) in [6.07, 6.45) is 3.61. The van der Waals surface area contributed by atoms with Crippen molar-refractivity contribution in [1.82, 2.24) is 0 Å². The molecule has 92 valence electrons. The van der Waals surface area contributed by atoms with Crippen LogP contribution >= 0.6 is 23.5 Å². The van der Waals surface area contributed by atoms with Gasteiger partial charge in [0, 0.05) is 21.9 Å². The van der Waals surface area contributed by atoms with Crippen LogP contribution in [0.1, 0.15) is 13.8 Å². The monoisotopic (exact) mass is 277 g/mol. The topological polar surface area (TPSA) is 29.4 Å². The summed E-state index contributed by atoms with van der Waals surface area (Å²) in [5, 5.41) is 0.710. The van der Waals surface area contributed by atoms with E-state index >= 15 is 0 Å². The van der Waals surface area contributed by atoms with E-state index in [4.69, 9.17) is 11.6 Å². The van der Waals surface area contributed by atoms with Crippen LogP contribution in [-0.4, -0.2) is 11.5 Å². The van der Waals surface area contributed by atoms with Crippen molar-refractivity contribution >= 4 is 35.0 Å². The van der Waals surface area contributed by atoms with Crippen LogP contribution in [0.5, 0.6) is 0 Å². The number of carbonyl (C=O) groups excluding carboxylic acids is 1. The lowest BCUT2D eigenvalue weighted by atomic mass is 9.98. The molecule has 2 nitrogen and oxygen atoms in total. The molecule has 0 spiro atoms. The first-order valence-electron chi connectivity index (χ1n) is 5.48. The van der Waals surface area contributed by atoms with Gasteiger partial charge in [-0.15, -0.1) is 0 Å². The van der Waals surface area contributed by atoms with Gasteiger partial charge in [0.1, 0.15) is 0 Å². The number of allylic oxidation sites excluding steroid dienone is 4. The van der Waals surface area contributed by atoms with E-state index in [2.05, 4.69) is 4.40 Å². The van der Waals surface area contributed by atoms with E-state index in [0.717, 1.165) is 21.8 Å². The largest absolute Gasteiger partial charge is 0.289 e. The second-order valence-corrected chi connectivity index (χ2v) is 5.32. The Morgan fingerprint density at radius 1 is 1.06 bits per heavy atom. The van der Waals surface area contributed by atoms with Crippen molar-refractivity contribution < 1.29 is 4.79 Å². The van der Waals surface area contributed by atoms with Crippen molar-refractivity contribution in [3.63, 3.8) is 0 Å². The van der Waals surface area contributed by atoms with E-state index in [1.165, 1.54) is 11.9 Å². The molecule has 0 aliphatic heterocycles. The van der Waals surface area contributed by atoms with Gasteiger partial charge in [0.05, 0.1) is 5.71 Å². The summed E-state index contributed by atoms with van der Waals surface area (Å²) in [5.74, 6) is 0.0884. The molecule has 0 saturated heterocycles. The molecule has 1 aromatic carbocycles. The summed E-state index contributed by atoms with van der Waals surface area (Å²) >= 11 is 7.18. The quantitative estimate of drug-likeness (QED) is 0.597. The number of hydrogen-bond donors (Lipinski definition) is 0. The van der Waals surface area contributed by atoms with Crippen LogP contribution in [-0.2, 0) is 4.79 Å². The Morgan fingerprint density at radius 2 is 1.61 bits per heavy atom. The molecule has 1 aliphatic rings. The molecule has 0 amide bonds. The Hall–Kier alpha value is -1.32. The van der Waals surface area contributed by atoms with E-state index in [-0.39, 0.29) is 5.78 Å². The normalized spacial score (nSPS) is 15.3. The maximum Gasteiger partial charge on any atom is 0.184 e. The van der Waals surface area contributed by atoms with Gasteiger partial charge in [-0.2, -0.15) is 0 Å². The number of halogens is 1. The van der Waals surface area contributed by atoms with E-state index in [9.17, 15) is 4.79 Å². The molecular formula is C14H12ClNOS. The SMILES string of the molecule is CC1=CC(=NSc2ccc(Cl)cc2)C=C(C)C1=O. The molecule has 18 heavy (non-hydrogen) atoms. The maximum absolute atomic E-state index is 11.6.